The Morgan fingerprint density at radius 1 is 1.09 bits per heavy atom. The number of carbonyl (C=O) groups is 2. The summed E-state index contributed by atoms with van der Waals surface area (Å²) in [6, 6.07) is 10.0. The number of hydrogen-bond acceptors (Lipinski definition) is 6. The molecule has 0 spiro atoms. The molecule has 2 aromatic rings. The lowest BCUT2D eigenvalue weighted by Gasteiger charge is -2.25. The molecule has 0 radical (unpaired) electrons. The number of amides is 1. The van der Waals surface area contributed by atoms with E-state index in [9.17, 15) is 18.0 Å². The lowest BCUT2D eigenvalue weighted by molar-refractivity contribution is -0.119. The van der Waals surface area contributed by atoms with Crippen LogP contribution in [-0.2, 0) is 25.9 Å². The molecule has 4 rings (SSSR count). The zero-order chi connectivity index (χ0) is 23.6. The van der Waals surface area contributed by atoms with Crippen LogP contribution in [0.5, 0.6) is 0 Å². The van der Waals surface area contributed by atoms with Crippen molar-refractivity contribution in [3.8, 4) is 0 Å². The number of ether oxygens (including phenoxy) is 1. The summed E-state index contributed by atoms with van der Waals surface area (Å²) >= 11 is 5.96. The Kier molecular flexibility index (Phi) is 8.76. The summed E-state index contributed by atoms with van der Waals surface area (Å²) < 4.78 is 31.6. The quantitative estimate of drug-likeness (QED) is 0.571. The molecule has 7 nitrogen and oxygen atoms in total. The van der Waals surface area contributed by atoms with Gasteiger partial charge in [0, 0.05) is 10.6 Å². The molecule has 10 heteroatoms. The van der Waals surface area contributed by atoms with Gasteiger partial charge in [-0.3, -0.25) is 9.59 Å². The van der Waals surface area contributed by atoms with E-state index in [4.69, 9.17) is 22.1 Å². The number of hydrogen-bond donors (Lipinski definition) is 1. The van der Waals surface area contributed by atoms with Crippen molar-refractivity contribution < 1.29 is 22.7 Å². The normalized spacial score (nSPS) is 20.2. The first-order chi connectivity index (χ1) is 15.7. The van der Waals surface area contributed by atoms with Crippen LogP contribution in [-0.4, -0.2) is 44.6 Å². The fourth-order valence-electron chi connectivity index (χ4n) is 4.33. The van der Waals surface area contributed by atoms with Crippen molar-refractivity contribution in [1.82, 2.24) is 0 Å². The highest BCUT2D eigenvalue weighted by Crippen LogP contribution is 2.33. The number of Topliss-reactive ketones (excluding diaryl/α,β-unsaturated/α-hetero) is 1. The third-order valence-electron chi connectivity index (χ3n) is 6.15. The molecule has 1 atom stereocenters. The molecular formula is C24H28Cl2N2O5S. The SMILES string of the molecule is Cl.N[C@H]1CS(=O)(=O)c2ccc(C(=O)COC3CCCCC3)cc2N(Cc2ccc(Cl)cc2)C1=O. The monoisotopic (exact) mass is 526 g/mol. The molecule has 2 N–H and O–H groups in total. The average molecular weight is 527 g/mol. The van der Waals surface area contributed by atoms with E-state index in [1.54, 1.807) is 24.3 Å². The van der Waals surface area contributed by atoms with Gasteiger partial charge >= 0.3 is 0 Å². The topological polar surface area (TPSA) is 107 Å². The molecule has 0 aromatic heterocycles. The summed E-state index contributed by atoms with van der Waals surface area (Å²) in [6.45, 7) is 0.0172. The zero-order valence-electron chi connectivity index (χ0n) is 18.6. The first-order valence-electron chi connectivity index (χ1n) is 11.1. The Bertz CT molecular complexity index is 1150. The summed E-state index contributed by atoms with van der Waals surface area (Å²) in [6.07, 6.45) is 5.33. The molecule has 1 heterocycles. The van der Waals surface area contributed by atoms with Crippen LogP contribution in [0.1, 0.15) is 48.0 Å². The third-order valence-corrected chi connectivity index (χ3v) is 8.21. The predicted molar refractivity (Wildman–Crippen MR) is 134 cm³/mol. The van der Waals surface area contributed by atoms with Crippen molar-refractivity contribution in [3.05, 3.63) is 58.6 Å². The second-order valence-electron chi connectivity index (χ2n) is 8.62. The van der Waals surface area contributed by atoms with Gasteiger partial charge in [-0.25, -0.2) is 8.42 Å². The van der Waals surface area contributed by atoms with Crippen LogP contribution >= 0.6 is 24.0 Å². The van der Waals surface area contributed by atoms with Crippen molar-refractivity contribution in [2.45, 2.75) is 55.7 Å². The van der Waals surface area contributed by atoms with E-state index in [2.05, 4.69) is 0 Å². The highest BCUT2D eigenvalue weighted by atomic mass is 35.5. The standard InChI is InChI=1S/C24H27ClN2O5S.ClH/c25-18-9-6-16(7-10-18)13-27-21-12-17(22(28)14-32-19-4-2-1-3-5-19)8-11-23(21)33(30,31)15-20(26)24(27)29;/h6-12,19-20H,1-5,13-15,26H2;1H/t20-;/m0./s1. The maximum Gasteiger partial charge on any atom is 0.245 e. The van der Waals surface area contributed by atoms with Gasteiger partial charge in [0.1, 0.15) is 6.61 Å². The first kappa shape index (κ1) is 26.6. The van der Waals surface area contributed by atoms with E-state index in [0.717, 1.165) is 31.2 Å². The minimum absolute atomic E-state index is 0. The molecule has 0 bridgehead atoms. The van der Waals surface area contributed by atoms with E-state index in [1.807, 2.05) is 0 Å². The van der Waals surface area contributed by atoms with E-state index in [0.29, 0.717) is 10.6 Å². The van der Waals surface area contributed by atoms with E-state index in [1.165, 1.54) is 29.5 Å². The Hall–Kier alpha value is -1.97. The van der Waals surface area contributed by atoms with Crippen molar-refractivity contribution in [2.24, 2.45) is 5.73 Å². The number of fused-ring (bicyclic) bond motifs is 1. The Balaban J connectivity index is 0.00000324. The minimum atomic E-state index is -3.82. The van der Waals surface area contributed by atoms with Crippen LogP contribution in [0.2, 0.25) is 5.02 Å². The summed E-state index contributed by atoms with van der Waals surface area (Å²) in [4.78, 5) is 27.3. The molecule has 1 saturated carbocycles. The minimum Gasteiger partial charge on any atom is -0.370 e. The molecule has 0 saturated heterocycles. The number of sulfone groups is 1. The molecular weight excluding hydrogens is 499 g/mol. The summed E-state index contributed by atoms with van der Waals surface area (Å²) in [5, 5.41) is 0.548. The second kappa shape index (κ2) is 11.2. The number of ketones is 1. The van der Waals surface area contributed by atoms with Crippen LogP contribution in [0.25, 0.3) is 0 Å². The fourth-order valence-corrected chi connectivity index (χ4v) is 6.01. The second-order valence-corrected chi connectivity index (χ2v) is 11.1. The van der Waals surface area contributed by atoms with Crippen LogP contribution in [0, 0.1) is 0 Å². The third kappa shape index (κ3) is 5.98. The van der Waals surface area contributed by atoms with Crippen molar-refractivity contribution in [1.29, 1.82) is 0 Å². The zero-order valence-corrected chi connectivity index (χ0v) is 21.0. The number of nitrogens with zero attached hydrogens (tertiary/aromatic N) is 1. The summed E-state index contributed by atoms with van der Waals surface area (Å²) in [5.41, 5.74) is 7.16. The van der Waals surface area contributed by atoms with Gasteiger partial charge in [0.25, 0.3) is 0 Å². The number of anilines is 1. The van der Waals surface area contributed by atoms with Crippen LogP contribution in [0.4, 0.5) is 5.69 Å². The van der Waals surface area contributed by atoms with Crippen LogP contribution in [0.3, 0.4) is 0 Å². The Labute approximate surface area is 210 Å². The van der Waals surface area contributed by atoms with Crippen molar-refractivity contribution >= 4 is 51.2 Å². The van der Waals surface area contributed by atoms with E-state index in [-0.39, 0.29) is 48.0 Å². The number of halogens is 2. The number of nitrogens with two attached hydrogens (primary N) is 1. The molecule has 1 amide bonds. The first-order valence-corrected chi connectivity index (χ1v) is 13.1. The molecule has 184 valence electrons. The number of benzene rings is 2. The highest BCUT2D eigenvalue weighted by molar-refractivity contribution is 7.91. The van der Waals surface area contributed by atoms with Gasteiger partial charge < -0.3 is 15.4 Å². The maximum absolute atomic E-state index is 13.1. The largest absolute Gasteiger partial charge is 0.370 e. The lowest BCUT2D eigenvalue weighted by Crippen LogP contribution is -2.45. The Morgan fingerprint density at radius 3 is 2.44 bits per heavy atom. The van der Waals surface area contributed by atoms with E-state index < -0.39 is 27.5 Å². The molecule has 1 aliphatic carbocycles. The summed E-state index contributed by atoms with van der Waals surface area (Å²) in [5.74, 6) is -1.27. The van der Waals surface area contributed by atoms with Gasteiger partial charge in [-0.2, -0.15) is 0 Å². The summed E-state index contributed by atoms with van der Waals surface area (Å²) in [7, 11) is -3.82. The highest BCUT2D eigenvalue weighted by Gasteiger charge is 2.36. The molecule has 1 aliphatic heterocycles. The smallest absolute Gasteiger partial charge is 0.245 e. The number of carbonyl (C=O) groups excluding carboxylic acids is 2. The van der Waals surface area contributed by atoms with Gasteiger partial charge in [-0.1, -0.05) is 43.0 Å². The molecule has 34 heavy (non-hydrogen) atoms. The molecule has 0 unspecified atom stereocenters. The van der Waals surface area contributed by atoms with Gasteiger partial charge in [0.2, 0.25) is 5.91 Å². The molecule has 2 aliphatic rings. The van der Waals surface area contributed by atoms with Crippen LogP contribution in [0.15, 0.2) is 47.4 Å². The van der Waals surface area contributed by atoms with E-state index >= 15 is 0 Å². The maximum atomic E-state index is 13.1. The fraction of sp³-hybridized carbons (Fsp3) is 0.417. The molecule has 1 fully saturated rings. The van der Waals surface area contributed by atoms with Gasteiger partial charge in [-0.05, 0) is 48.7 Å². The molecule has 2 aromatic carbocycles. The van der Waals surface area contributed by atoms with Crippen molar-refractivity contribution in [3.63, 3.8) is 0 Å². The number of rotatable bonds is 6. The van der Waals surface area contributed by atoms with Gasteiger partial charge in [-0.15, -0.1) is 12.4 Å². The Morgan fingerprint density at radius 2 is 1.76 bits per heavy atom. The van der Waals surface area contributed by atoms with Crippen molar-refractivity contribution in [2.75, 3.05) is 17.3 Å². The predicted octanol–water partition coefficient (Wildman–Crippen LogP) is 3.94. The van der Waals surface area contributed by atoms with Gasteiger partial charge in [0.15, 0.2) is 15.6 Å². The average Bonchev–Trinajstić information content (AvgIpc) is 2.87. The van der Waals surface area contributed by atoms with Crippen LogP contribution < -0.4 is 10.6 Å². The lowest BCUT2D eigenvalue weighted by atomic mass is 9.98. The van der Waals surface area contributed by atoms with Gasteiger partial charge in [0.05, 0.1) is 35.0 Å².